The maximum atomic E-state index is 4.09. The minimum atomic E-state index is 1.02. The summed E-state index contributed by atoms with van der Waals surface area (Å²) in [6.45, 7) is 2.10. The van der Waals surface area contributed by atoms with Crippen molar-refractivity contribution in [2.75, 3.05) is 13.1 Å². The highest BCUT2D eigenvalue weighted by atomic mass is 15.5. The van der Waals surface area contributed by atoms with Gasteiger partial charge in [-0.2, -0.15) is 5.10 Å². The zero-order chi connectivity index (χ0) is 4.69. The molecule has 2 nitrogen and oxygen atoms in total. The number of hydrogen-bond donors (Lipinski definition) is 0. The molecule has 3 heterocycles. The van der Waals surface area contributed by atoms with Crippen LogP contribution >= 0.6 is 0 Å². The molecule has 0 spiro atoms. The van der Waals surface area contributed by atoms with Gasteiger partial charge >= 0.3 is 0 Å². The minimum Gasteiger partial charge on any atom is -0.287 e. The van der Waals surface area contributed by atoms with Crippen molar-refractivity contribution in [2.24, 2.45) is 5.10 Å². The summed E-state index contributed by atoms with van der Waals surface area (Å²) in [4.78, 5) is 0. The fourth-order valence-corrected chi connectivity index (χ4v) is 0.860. The van der Waals surface area contributed by atoms with E-state index in [0.717, 1.165) is 13.1 Å². The molecule has 0 aliphatic carbocycles. The van der Waals surface area contributed by atoms with Crippen LogP contribution in [0.15, 0.2) is 17.3 Å². The molecule has 2 heteroatoms. The molecule has 0 radical (unpaired) electrons. The second-order valence-electron chi connectivity index (χ2n) is 1.84. The van der Waals surface area contributed by atoms with E-state index in [1.807, 2.05) is 5.01 Å². The zero-order valence-electron chi connectivity index (χ0n) is 3.96. The summed E-state index contributed by atoms with van der Waals surface area (Å²) in [5, 5.41) is 6.13. The van der Waals surface area contributed by atoms with Crippen LogP contribution in [-0.2, 0) is 0 Å². The standard InChI is InChI=1S/C5H6N2/c1-2-5-4-7(3-1)6-5/h1-2H,3-4H2. The molecular weight excluding hydrogens is 88.1 g/mol. The molecule has 2 bridgehead atoms. The first-order chi connectivity index (χ1) is 3.45. The minimum absolute atomic E-state index is 1.02. The highest BCUT2D eigenvalue weighted by molar-refractivity contribution is 6.00. The third-order valence-corrected chi connectivity index (χ3v) is 1.24. The van der Waals surface area contributed by atoms with Gasteiger partial charge in [0.1, 0.15) is 0 Å². The van der Waals surface area contributed by atoms with E-state index in [2.05, 4.69) is 17.3 Å². The van der Waals surface area contributed by atoms with E-state index in [-0.39, 0.29) is 0 Å². The van der Waals surface area contributed by atoms with Crippen LogP contribution < -0.4 is 0 Å². The molecular formula is C5H6N2. The number of hydrazone groups is 1. The highest BCUT2D eigenvalue weighted by Gasteiger charge is 2.16. The van der Waals surface area contributed by atoms with Crippen LogP contribution in [0.25, 0.3) is 0 Å². The van der Waals surface area contributed by atoms with Crippen molar-refractivity contribution in [3.05, 3.63) is 12.2 Å². The Hall–Kier alpha value is -0.790. The highest BCUT2D eigenvalue weighted by Crippen LogP contribution is 2.09. The van der Waals surface area contributed by atoms with Gasteiger partial charge in [-0.1, -0.05) is 6.08 Å². The molecule has 0 amide bonds. The summed E-state index contributed by atoms with van der Waals surface area (Å²) in [5.74, 6) is 0. The summed E-state index contributed by atoms with van der Waals surface area (Å²) in [6, 6.07) is 0. The second kappa shape index (κ2) is 0.886. The van der Waals surface area contributed by atoms with E-state index < -0.39 is 0 Å². The lowest BCUT2D eigenvalue weighted by Gasteiger charge is -2.30. The van der Waals surface area contributed by atoms with Crippen LogP contribution in [-0.4, -0.2) is 23.8 Å². The lowest BCUT2D eigenvalue weighted by molar-refractivity contribution is 0.318. The van der Waals surface area contributed by atoms with E-state index >= 15 is 0 Å². The summed E-state index contributed by atoms with van der Waals surface area (Å²) < 4.78 is 0. The average Bonchev–Trinajstić information content (AvgIpc) is 1.67. The molecule has 0 aromatic heterocycles. The Labute approximate surface area is 42.1 Å². The summed E-state index contributed by atoms with van der Waals surface area (Å²) in [6.07, 6.45) is 4.21. The summed E-state index contributed by atoms with van der Waals surface area (Å²) in [5.41, 5.74) is 1.23. The van der Waals surface area contributed by atoms with Gasteiger partial charge in [-0.3, -0.25) is 5.01 Å². The normalized spacial score (nSPS) is 24.0. The van der Waals surface area contributed by atoms with Gasteiger partial charge < -0.3 is 0 Å². The van der Waals surface area contributed by atoms with Crippen molar-refractivity contribution in [3.8, 4) is 0 Å². The van der Waals surface area contributed by atoms with E-state index in [9.17, 15) is 0 Å². The van der Waals surface area contributed by atoms with Crippen molar-refractivity contribution in [1.29, 1.82) is 0 Å². The smallest absolute Gasteiger partial charge is 0.0813 e. The van der Waals surface area contributed by atoms with E-state index in [1.165, 1.54) is 5.71 Å². The molecule has 0 atom stereocenters. The molecule has 36 valence electrons. The van der Waals surface area contributed by atoms with Gasteiger partial charge in [-0.15, -0.1) is 0 Å². The number of hydrogen-bond acceptors (Lipinski definition) is 2. The quantitative estimate of drug-likeness (QED) is 0.419. The van der Waals surface area contributed by atoms with Gasteiger partial charge in [-0.05, 0) is 6.08 Å². The Bertz CT molecular complexity index is 144. The van der Waals surface area contributed by atoms with Crippen LogP contribution in [0, 0.1) is 0 Å². The summed E-state index contributed by atoms with van der Waals surface area (Å²) >= 11 is 0. The predicted molar refractivity (Wildman–Crippen MR) is 28.1 cm³/mol. The van der Waals surface area contributed by atoms with Crippen LogP contribution in [0.1, 0.15) is 0 Å². The first-order valence-corrected chi connectivity index (χ1v) is 2.44. The van der Waals surface area contributed by atoms with Gasteiger partial charge in [0.25, 0.3) is 0 Å². The van der Waals surface area contributed by atoms with E-state index in [4.69, 9.17) is 0 Å². The third-order valence-electron chi connectivity index (χ3n) is 1.24. The van der Waals surface area contributed by atoms with Gasteiger partial charge in [0.15, 0.2) is 0 Å². The SMILES string of the molecule is C1=CC2=NN(C1)C2. The first kappa shape index (κ1) is 3.24. The van der Waals surface area contributed by atoms with Crippen molar-refractivity contribution < 1.29 is 0 Å². The number of rotatable bonds is 0. The van der Waals surface area contributed by atoms with Gasteiger partial charge in [-0.25, -0.2) is 0 Å². The molecule has 0 saturated carbocycles. The van der Waals surface area contributed by atoms with Crippen LogP contribution in [0.2, 0.25) is 0 Å². The molecule has 7 heavy (non-hydrogen) atoms. The maximum Gasteiger partial charge on any atom is 0.0813 e. The van der Waals surface area contributed by atoms with Crippen molar-refractivity contribution in [2.45, 2.75) is 0 Å². The molecule has 0 saturated heterocycles. The van der Waals surface area contributed by atoms with E-state index in [1.54, 1.807) is 0 Å². The Morgan fingerprint density at radius 1 is 1.71 bits per heavy atom. The molecule has 0 aromatic rings. The lowest BCUT2D eigenvalue weighted by atomic mass is 10.2. The van der Waals surface area contributed by atoms with Gasteiger partial charge in [0, 0.05) is 0 Å². The van der Waals surface area contributed by atoms with Crippen LogP contribution in [0.5, 0.6) is 0 Å². The van der Waals surface area contributed by atoms with Crippen LogP contribution in [0.4, 0.5) is 0 Å². The fourth-order valence-electron chi connectivity index (χ4n) is 0.860. The average molecular weight is 94.1 g/mol. The van der Waals surface area contributed by atoms with Crippen molar-refractivity contribution in [3.63, 3.8) is 0 Å². The molecule has 3 aliphatic rings. The largest absolute Gasteiger partial charge is 0.287 e. The Morgan fingerprint density at radius 2 is 2.57 bits per heavy atom. The second-order valence-corrected chi connectivity index (χ2v) is 1.84. The van der Waals surface area contributed by atoms with Gasteiger partial charge in [0.05, 0.1) is 18.8 Å². The fraction of sp³-hybridized carbons (Fsp3) is 0.400. The van der Waals surface area contributed by atoms with Crippen LogP contribution in [0.3, 0.4) is 0 Å². The zero-order valence-corrected chi connectivity index (χ0v) is 3.96. The predicted octanol–water partition coefficient (Wildman–Crippen LogP) is 0.228. The molecule has 0 unspecified atom stereocenters. The number of fused-ring (bicyclic) bond motifs is 1. The van der Waals surface area contributed by atoms with Gasteiger partial charge in [0.2, 0.25) is 0 Å². The monoisotopic (exact) mass is 94.1 g/mol. The molecule has 0 aromatic carbocycles. The molecule has 0 N–H and O–H groups in total. The Kier molecular flexibility index (Phi) is 0.410. The van der Waals surface area contributed by atoms with Crippen molar-refractivity contribution in [1.82, 2.24) is 5.01 Å². The molecule has 3 aliphatic heterocycles. The third kappa shape index (κ3) is 0.308. The summed E-state index contributed by atoms with van der Waals surface area (Å²) in [7, 11) is 0. The lowest BCUT2D eigenvalue weighted by Crippen LogP contribution is -2.38. The Balaban J connectivity index is 2.36. The van der Waals surface area contributed by atoms with Crippen molar-refractivity contribution >= 4 is 5.71 Å². The number of nitrogens with zero attached hydrogens (tertiary/aromatic N) is 2. The molecule has 3 rings (SSSR count). The maximum absolute atomic E-state index is 4.09. The Morgan fingerprint density at radius 3 is 2.71 bits per heavy atom. The molecule has 0 fully saturated rings. The van der Waals surface area contributed by atoms with E-state index in [0.29, 0.717) is 0 Å². The first-order valence-electron chi connectivity index (χ1n) is 2.44. The topological polar surface area (TPSA) is 15.6 Å².